The van der Waals surface area contributed by atoms with Crippen LogP contribution in [-0.2, 0) is 12.0 Å². The summed E-state index contributed by atoms with van der Waals surface area (Å²) in [6, 6.07) is 9.45. The fourth-order valence-corrected chi connectivity index (χ4v) is 2.77. The third kappa shape index (κ3) is 4.32. The van der Waals surface area contributed by atoms with E-state index in [4.69, 9.17) is 5.73 Å². The van der Waals surface area contributed by atoms with E-state index in [2.05, 4.69) is 49.9 Å². The molecule has 0 saturated carbocycles. The van der Waals surface area contributed by atoms with E-state index in [1.54, 1.807) is 0 Å². The highest BCUT2D eigenvalue weighted by atomic mass is 15.1. The number of benzene rings is 1. The Balaban J connectivity index is 1.99. The fourth-order valence-electron chi connectivity index (χ4n) is 2.77. The molecule has 1 aliphatic rings. The topological polar surface area (TPSA) is 29.3 Å². The number of nitrogens with zero attached hydrogens (tertiary/aromatic N) is 1. The van der Waals surface area contributed by atoms with Gasteiger partial charge in [-0.2, -0.15) is 0 Å². The molecular formula is C17H28N2. The van der Waals surface area contributed by atoms with Crippen molar-refractivity contribution in [1.82, 2.24) is 4.90 Å². The van der Waals surface area contributed by atoms with Crippen molar-refractivity contribution in [3.05, 3.63) is 35.4 Å². The summed E-state index contributed by atoms with van der Waals surface area (Å²) in [4.78, 5) is 2.50. The molecule has 2 N–H and O–H groups in total. The average molecular weight is 260 g/mol. The molecule has 1 heterocycles. The maximum atomic E-state index is 6.12. The first-order valence-electron chi connectivity index (χ1n) is 7.52. The lowest BCUT2D eigenvalue weighted by atomic mass is 9.87. The smallest absolute Gasteiger partial charge is 0.0234 e. The maximum absolute atomic E-state index is 6.12. The van der Waals surface area contributed by atoms with Crippen molar-refractivity contribution in [2.24, 2.45) is 5.73 Å². The Morgan fingerprint density at radius 2 is 1.84 bits per heavy atom. The molecule has 1 aromatic rings. The van der Waals surface area contributed by atoms with Gasteiger partial charge in [0.15, 0.2) is 0 Å². The van der Waals surface area contributed by atoms with E-state index in [-0.39, 0.29) is 5.41 Å². The standard InChI is InChI=1S/C17H28N2/c1-17(2,3)15-9-7-14(8-10-15)12-19-11-5-4-6-16(18)13-19/h7-10,16H,4-6,11-13,18H2,1-3H3. The van der Waals surface area contributed by atoms with Crippen LogP contribution in [0.15, 0.2) is 24.3 Å². The molecule has 19 heavy (non-hydrogen) atoms. The molecule has 106 valence electrons. The van der Waals surface area contributed by atoms with Crippen LogP contribution in [0.5, 0.6) is 0 Å². The van der Waals surface area contributed by atoms with Crippen molar-refractivity contribution in [3.63, 3.8) is 0 Å². The lowest BCUT2D eigenvalue weighted by molar-refractivity contribution is 0.265. The molecule has 2 rings (SSSR count). The number of rotatable bonds is 2. The Morgan fingerprint density at radius 1 is 1.16 bits per heavy atom. The van der Waals surface area contributed by atoms with Crippen molar-refractivity contribution in [2.45, 2.75) is 58.0 Å². The van der Waals surface area contributed by atoms with Gasteiger partial charge in [0.05, 0.1) is 0 Å². The molecule has 0 amide bonds. The van der Waals surface area contributed by atoms with E-state index in [0.717, 1.165) is 13.1 Å². The molecule has 1 aromatic carbocycles. The summed E-state index contributed by atoms with van der Waals surface area (Å²) < 4.78 is 0. The lowest BCUT2D eigenvalue weighted by Crippen LogP contribution is -2.35. The van der Waals surface area contributed by atoms with E-state index in [1.807, 2.05) is 0 Å². The van der Waals surface area contributed by atoms with Crippen LogP contribution in [0, 0.1) is 0 Å². The first-order chi connectivity index (χ1) is 8.95. The van der Waals surface area contributed by atoms with Gasteiger partial charge in [0.1, 0.15) is 0 Å². The molecule has 1 atom stereocenters. The molecule has 0 aliphatic carbocycles. The van der Waals surface area contributed by atoms with Gasteiger partial charge in [0, 0.05) is 19.1 Å². The minimum atomic E-state index is 0.240. The number of hydrogen-bond donors (Lipinski definition) is 1. The average Bonchev–Trinajstić information content (AvgIpc) is 2.53. The Kier molecular flexibility index (Phi) is 4.64. The van der Waals surface area contributed by atoms with E-state index in [1.165, 1.54) is 36.9 Å². The SMILES string of the molecule is CC(C)(C)c1ccc(CN2CCCCC(N)C2)cc1. The normalized spacial score (nSPS) is 22.2. The van der Waals surface area contributed by atoms with Crippen LogP contribution in [0.25, 0.3) is 0 Å². The van der Waals surface area contributed by atoms with E-state index in [9.17, 15) is 0 Å². The Labute approximate surface area is 118 Å². The molecule has 0 radical (unpaired) electrons. The second-order valence-electron chi connectivity index (χ2n) is 6.94. The Hall–Kier alpha value is -0.860. The molecule has 0 spiro atoms. The largest absolute Gasteiger partial charge is 0.327 e. The van der Waals surface area contributed by atoms with Crippen molar-refractivity contribution >= 4 is 0 Å². The molecule has 2 heteroatoms. The third-order valence-corrected chi connectivity index (χ3v) is 4.02. The van der Waals surface area contributed by atoms with Crippen LogP contribution < -0.4 is 5.73 Å². The van der Waals surface area contributed by atoms with Gasteiger partial charge in [0.25, 0.3) is 0 Å². The zero-order valence-corrected chi connectivity index (χ0v) is 12.7. The molecule has 1 fully saturated rings. The Bertz CT molecular complexity index is 389. The van der Waals surface area contributed by atoms with Crippen molar-refractivity contribution < 1.29 is 0 Å². The molecule has 2 nitrogen and oxygen atoms in total. The molecule has 1 aliphatic heterocycles. The molecule has 1 unspecified atom stereocenters. The van der Waals surface area contributed by atoms with Crippen LogP contribution in [0.3, 0.4) is 0 Å². The van der Waals surface area contributed by atoms with Gasteiger partial charge >= 0.3 is 0 Å². The quantitative estimate of drug-likeness (QED) is 0.884. The second-order valence-corrected chi connectivity index (χ2v) is 6.94. The van der Waals surface area contributed by atoms with Crippen molar-refractivity contribution in [3.8, 4) is 0 Å². The van der Waals surface area contributed by atoms with Gasteiger partial charge < -0.3 is 5.73 Å². The zero-order chi connectivity index (χ0) is 13.9. The van der Waals surface area contributed by atoms with Crippen LogP contribution in [-0.4, -0.2) is 24.0 Å². The molecule has 0 bridgehead atoms. The van der Waals surface area contributed by atoms with Gasteiger partial charge in [-0.05, 0) is 35.9 Å². The van der Waals surface area contributed by atoms with Gasteiger partial charge in [-0.1, -0.05) is 51.5 Å². The van der Waals surface area contributed by atoms with E-state index in [0.29, 0.717) is 6.04 Å². The minimum absolute atomic E-state index is 0.240. The highest BCUT2D eigenvalue weighted by molar-refractivity contribution is 5.27. The van der Waals surface area contributed by atoms with Gasteiger partial charge in [-0.25, -0.2) is 0 Å². The van der Waals surface area contributed by atoms with Crippen LogP contribution in [0.4, 0.5) is 0 Å². The first kappa shape index (κ1) is 14.5. The third-order valence-electron chi connectivity index (χ3n) is 4.02. The fraction of sp³-hybridized carbons (Fsp3) is 0.647. The zero-order valence-electron chi connectivity index (χ0n) is 12.7. The van der Waals surface area contributed by atoms with Crippen molar-refractivity contribution in [1.29, 1.82) is 0 Å². The summed E-state index contributed by atoms with van der Waals surface area (Å²) in [5.41, 5.74) is 9.17. The van der Waals surface area contributed by atoms with Gasteiger partial charge in [0.2, 0.25) is 0 Å². The van der Waals surface area contributed by atoms with Gasteiger partial charge in [-0.15, -0.1) is 0 Å². The number of nitrogens with two attached hydrogens (primary N) is 1. The number of likely N-dealkylation sites (tertiary alicyclic amines) is 1. The predicted molar refractivity (Wildman–Crippen MR) is 82.2 cm³/mol. The van der Waals surface area contributed by atoms with Crippen molar-refractivity contribution in [2.75, 3.05) is 13.1 Å². The monoisotopic (exact) mass is 260 g/mol. The summed E-state index contributed by atoms with van der Waals surface area (Å²) in [5.74, 6) is 0. The Morgan fingerprint density at radius 3 is 2.47 bits per heavy atom. The minimum Gasteiger partial charge on any atom is -0.327 e. The summed E-state index contributed by atoms with van der Waals surface area (Å²) in [6.07, 6.45) is 3.74. The lowest BCUT2D eigenvalue weighted by Gasteiger charge is -2.23. The summed E-state index contributed by atoms with van der Waals surface area (Å²) in [7, 11) is 0. The highest BCUT2D eigenvalue weighted by Crippen LogP contribution is 2.22. The summed E-state index contributed by atoms with van der Waals surface area (Å²) >= 11 is 0. The van der Waals surface area contributed by atoms with E-state index < -0.39 is 0 Å². The summed E-state index contributed by atoms with van der Waals surface area (Å²) in [6.45, 7) is 10.1. The van der Waals surface area contributed by atoms with Crippen LogP contribution >= 0.6 is 0 Å². The first-order valence-corrected chi connectivity index (χ1v) is 7.52. The highest BCUT2D eigenvalue weighted by Gasteiger charge is 2.16. The van der Waals surface area contributed by atoms with Crippen LogP contribution in [0.2, 0.25) is 0 Å². The maximum Gasteiger partial charge on any atom is 0.0234 e. The van der Waals surface area contributed by atoms with Gasteiger partial charge in [-0.3, -0.25) is 4.90 Å². The molecular weight excluding hydrogens is 232 g/mol. The second kappa shape index (κ2) is 6.06. The summed E-state index contributed by atoms with van der Waals surface area (Å²) in [5, 5.41) is 0. The van der Waals surface area contributed by atoms with Crippen LogP contribution in [0.1, 0.15) is 51.2 Å². The molecule has 1 saturated heterocycles. The predicted octanol–water partition coefficient (Wildman–Crippen LogP) is 3.30. The number of hydrogen-bond acceptors (Lipinski definition) is 2. The molecule has 0 aromatic heterocycles. The van der Waals surface area contributed by atoms with E-state index >= 15 is 0 Å².